The molecule has 4 nitrogen and oxygen atoms in total. The Morgan fingerprint density at radius 3 is 2.41 bits per heavy atom. The van der Waals surface area contributed by atoms with Crippen molar-refractivity contribution in [2.24, 2.45) is 0 Å². The Hall–Kier alpha value is -1.80. The van der Waals surface area contributed by atoms with Crippen molar-refractivity contribution in [3.63, 3.8) is 0 Å². The minimum atomic E-state index is 0. The molecule has 0 bridgehead atoms. The van der Waals surface area contributed by atoms with Crippen LogP contribution >= 0.6 is 24.0 Å². The molecule has 1 aliphatic rings. The molecule has 0 amide bonds. The van der Waals surface area contributed by atoms with Gasteiger partial charge < -0.3 is 10.2 Å². The molecule has 1 aliphatic heterocycles. The van der Waals surface area contributed by atoms with Crippen LogP contribution in [-0.4, -0.2) is 31.2 Å². The summed E-state index contributed by atoms with van der Waals surface area (Å²) in [5.41, 5.74) is 2.48. The lowest BCUT2D eigenvalue weighted by molar-refractivity contribution is 0.585. The minimum absolute atomic E-state index is 0. The molecule has 0 atom stereocenters. The van der Waals surface area contributed by atoms with Gasteiger partial charge in [-0.1, -0.05) is 23.7 Å². The maximum atomic E-state index is 9.30. The first kappa shape index (κ1) is 16.6. The van der Waals surface area contributed by atoms with Crippen molar-refractivity contribution in [1.29, 1.82) is 5.26 Å². The number of rotatable bonds is 2. The Morgan fingerprint density at radius 1 is 1.09 bits per heavy atom. The molecular weight excluding hydrogens is 319 g/mol. The summed E-state index contributed by atoms with van der Waals surface area (Å²) >= 11 is 5.92. The zero-order chi connectivity index (χ0) is 14.7. The molecule has 22 heavy (non-hydrogen) atoms. The molecule has 0 radical (unpaired) electrons. The number of anilines is 1. The Kier molecular flexibility index (Phi) is 5.62. The number of aromatic nitrogens is 1. The summed E-state index contributed by atoms with van der Waals surface area (Å²) in [5.74, 6) is 0.770. The van der Waals surface area contributed by atoms with Crippen LogP contribution in [0.1, 0.15) is 5.56 Å². The van der Waals surface area contributed by atoms with E-state index in [1.165, 1.54) is 0 Å². The molecule has 6 heteroatoms. The molecule has 0 saturated carbocycles. The predicted octanol–water partition coefficient (Wildman–Crippen LogP) is 3.11. The van der Waals surface area contributed by atoms with Crippen molar-refractivity contribution in [3.05, 3.63) is 47.0 Å². The summed E-state index contributed by atoms with van der Waals surface area (Å²) in [7, 11) is 0. The highest BCUT2D eigenvalue weighted by Gasteiger charge is 2.16. The van der Waals surface area contributed by atoms with Gasteiger partial charge in [0.25, 0.3) is 0 Å². The van der Waals surface area contributed by atoms with Crippen LogP contribution in [0.4, 0.5) is 5.82 Å². The number of piperazine rings is 1. The highest BCUT2D eigenvalue weighted by molar-refractivity contribution is 6.30. The van der Waals surface area contributed by atoms with E-state index in [0.717, 1.165) is 43.3 Å². The van der Waals surface area contributed by atoms with Crippen LogP contribution in [0.15, 0.2) is 36.4 Å². The standard InChI is InChI=1S/C16H15ClN4.ClH/c17-14-4-1-12(2-5-14)15-6-3-13(11-18)16(20-15)21-9-7-19-8-10-21;/h1-6,19H,7-10H2;1H. The van der Waals surface area contributed by atoms with Crippen molar-refractivity contribution >= 4 is 29.8 Å². The number of pyridine rings is 1. The Balaban J connectivity index is 0.00000176. The van der Waals surface area contributed by atoms with E-state index in [2.05, 4.69) is 16.3 Å². The van der Waals surface area contributed by atoms with E-state index in [4.69, 9.17) is 16.6 Å². The lowest BCUT2D eigenvalue weighted by Crippen LogP contribution is -2.44. The molecule has 3 rings (SSSR count). The van der Waals surface area contributed by atoms with E-state index in [0.29, 0.717) is 10.6 Å². The zero-order valence-corrected chi connectivity index (χ0v) is 13.5. The first-order valence-corrected chi connectivity index (χ1v) is 7.28. The van der Waals surface area contributed by atoms with Crippen molar-refractivity contribution in [3.8, 4) is 17.3 Å². The number of hydrogen-bond acceptors (Lipinski definition) is 4. The number of nitrogens with zero attached hydrogens (tertiary/aromatic N) is 3. The highest BCUT2D eigenvalue weighted by Crippen LogP contribution is 2.25. The highest BCUT2D eigenvalue weighted by atomic mass is 35.5. The average Bonchev–Trinajstić information content (AvgIpc) is 2.56. The number of hydrogen-bond donors (Lipinski definition) is 1. The van der Waals surface area contributed by atoms with E-state index < -0.39 is 0 Å². The second-order valence-electron chi connectivity index (χ2n) is 4.92. The van der Waals surface area contributed by atoms with Crippen LogP contribution in [0.3, 0.4) is 0 Å². The summed E-state index contributed by atoms with van der Waals surface area (Å²) in [6.45, 7) is 3.56. The molecule has 1 N–H and O–H groups in total. The summed E-state index contributed by atoms with van der Waals surface area (Å²) in [6.07, 6.45) is 0. The van der Waals surface area contributed by atoms with Crippen LogP contribution in [0.2, 0.25) is 5.02 Å². The fourth-order valence-electron chi connectivity index (χ4n) is 2.43. The van der Waals surface area contributed by atoms with E-state index >= 15 is 0 Å². The third-order valence-corrected chi connectivity index (χ3v) is 3.80. The second kappa shape index (κ2) is 7.46. The van der Waals surface area contributed by atoms with Gasteiger partial charge in [0.2, 0.25) is 0 Å². The summed E-state index contributed by atoms with van der Waals surface area (Å²) in [4.78, 5) is 6.86. The van der Waals surface area contributed by atoms with Gasteiger partial charge in [0.1, 0.15) is 11.9 Å². The van der Waals surface area contributed by atoms with Crippen LogP contribution in [-0.2, 0) is 0 Å². The molecule has 0 unspecified atom stereocenters. The minimum Gasteiger partial charge on any atom is -0.353 e. The van der Waals surface area contributed by atoms with E-state index in [1.807, 2.05) is 36.4 Å². The summed E-state index contributed by atoms with van der Waals surface area (Å²) in [6, 6.07) is 13.5. The van der Waals surface area contributed by atoms with Gasteiger partial charge >= 0.3 is 0 Å². The fourth-order valence-corrected chi connectivity index (χ4v) is 2.56. The molecule has 1 saturated heterocycles. The molecule has 1 aromatic carbocycles. The number of benzene rings is 1. The number of halogens is 2. The first-order chi connectivity index (χ1) is 10.3. The summed E-state index contributed by atoms with van der Waals surface area (Å²) < 4.78 is 0. The monoisotopic (exact) mass is 334 g/mol. The molecule has 1 aromatic heterocycles. The molecule has 1 fully saturated rings. The van der Waals surface area contributed by atoms with E-state index in [-0.39, 0.29) is 12.4 Å². The van der Waals surface area contributed by atoms with E-state index in [1.54, 1.807) is 0 Å². The van der Waals surface area contributed by atoms with Gasteiger partial charge in [-0.15, -0.1) is 12.4 Å². The lowest BCUT2D eigenvalue weighted by atomic mass is 10.1. The van der Waals surface area contributed by atoms with Crippen molar-refractivity contribution in [1.82, 2.24) is 10.3 Å². The third-order valence-electron chi connectivity index (χ3n) is 3.55. The predicted molar refractivity (Wildman–Crippen MR) is 91.7 cm³/mol. The van der Waals surface area contributed by atoms with Gasteiger partial charge in [0, 0.05) is 36.8 Å². The fraction of sp³-hybridized carbons (Fsp3) is 0.250. The molecule has 2 aromatic rings. The molecule has 114 valence electrons. The van der Waals surface area contributed by atoms with Gasteiger partial charge in [-0.3, -0.25) is 0 Å². The van der Waals surface area contributed by atoms with Crippen molar-refractivity contribution in [2.75, 3.05) is 31.1 Å². The van der Waals surface area contributed by atoms with Gasteiger partial charge in [-0.05, 0) is 24.3 Å². The van der Waals surface area contributed by atoms with Crippen LogP contribution in [0, 0.1) is 11.3 Å². The zero-order valence-electron chi connectivity index (χ0n) is 11.9. The Bertz CT molecular complexity index is 674. The largest absolute Gasteiger partial charge is 0.353 e. The molecular formula is C16H16Cl2N4. The normalized spacial score (nSPS) is 14.1. The third kappa shape index (κ3) is 3.50. The molecule has 0 spiro atoms. The first-order valence-electron chi connectivity index (χ1n) is 6.91. The van der Waals surface area contributed by atoms with Crippen molar-refractivity contribution < 1.29 is 0 Å². The van der Waals surface area contributed by atoms with Crippen LogP contribution < -0.4 is 10.2 Å². The van der Waals surface area contributed by atoms with Crippen LogP contribution in [0.25, 0.3) is 11.3 Å². The van der Waals surface area contributed by atoms with Gasteiger partial charge in [-0.2, -0.15) is 5.26 Å². The topological polar surface area (TPSA) is 52.0 Å². The van der Waals surface area contributed by atoms with Gasteiger partial charge in [-0.25, -0.2) is 4.98 Å². The van der Waals surface area contributed by atoms with Gasteiger partial charge in [0.15, 0.2) is 0 Å². The Morgan fingerprint density at radius 2 is 1.77 bits per heavy atom. The number of nitriles is 1. The quantitative estimate of drug-likeness (QED) is 0.916. The van der Waals surface area contributed by atoms with E-state index in [9.17, 15) is 5.26 Å². The van der Waals surface area contributed by atoms with Gasteiger partial charge in [0.05, 0.1) is 11.3 Å². The van der Waals surface area contributed by atoms with Crippen molar-refractivity contribution in [2.45, 2.75) is 0 Å². The maximum Gasteiger partial charge on any atom is 0.147 e. The number of nitrogens with one attached hydrogen (secondary N) is 1. The Labute approximate surface area is 141 Å². The van der Waals surface area contributed by atoms with Crippen LogP contribution in [0.5, 0.6) is 0 Å². The average molecular weight is 335 g/mol. The smallest absolute Gasteiger partial charge is 0.147 e. The molecule has 2 heterocycles. The SMILES string of the molecule is Cl.N#Cc1ccc(-c2ccc(Cl)cc2)nc1N1CCNCC1. The summed E-state index contributed by atoms with van der Waals surface area (Å²) in [5, 5.41) is 13.3. The molecule has 0 aliphatic carbocycles. The lowest BCUT2D eigenvalue weighted by Gasteiger charge is -2.29. The maximum absolute atomic E-state index is 9.30. The second-order valence-corrected chi connectivity index (χ2v) is 5.36.